The SMILES string of the molecule is Cc1ccc2ccccc2c1-c1cccc2c1C(c1ccccc1)(c1ccccc1)c1ccccc1-2. The molecule has 0 fully saturated rings. The van der Waals surface area contributed by atoms with Crippen LogP contribution in [0.4, 0.5) is 0 Å². The Morgan fingerprint density at radius 2 is 1.03 bits per heavy atom. The van der Waals surface area contributed by atoms with Gasteiger partial charge < -0.3 is 0 Å². The zero-order valence-corrected chi connectivity index (χ0v) is 20.3. The van der Waals surface area contributed by atoms with E-state index in [0.717, 1.165) is 0 Å². The molecule has 0 unspecified atom stereocenters. The molecule has 0 N–H and O–H groups in total. The van der Waals surface area contributed by atoms with E-state index in [-0.39, 0.29) is 0 Å². The van der Waals surface area contributed by atoms with Crippen molar-refractivity contribution in [1.29, 1.82) is 0 Å². The van der Waals surface area contributed by atoms with E-state index in [1.54, 1.807) is 0 Å². The number of fused-ring (bicyclic) bond motifs is 4. The quantitative estimate of drug-likeness (QED) is 0.248. The average Bonchev–Trinajstić information content (AvgIpc) is 3.26. The highest BCUT2D eigenvalue weighted by atomic mass is 14.5. The fourth-order valence-electron chi connectivity index (χ4n) is 6.45. The maximum atomic E-state index is 2.33. The zero-order chi connectivity index (χ0) is 24.1. The van der Waals surface area contributed by atoms with E-state index in [9.17, 15) is 0 Å². The molecule has 0 bridgehead atoms. The molecule has 1 aliphatic carbocycles. The molecule has 0 saturated heterocycles. The summed E-state index contributed by atoms with van der Waals surface area (Å²) in [6, 6.07) is 51.3. The number of hydrogen-bond donors (Lipinski definition) is 0. The molecule has 0 atom stereocenters. The van der Waals surface area contributed by atoms with E-state index in [2.05, 4.69) is 146 Å². The summed E-state index contributed by atoms with van der Waals surface area (Å²) in [7, 11) is 0. The van der Waals surface area contributed by atoms with Gasteiger partial charge in [-0.3, -0.25) is 0 Å². The summed E-state index contributed by atoms with van der Waals surface area (Å²) in [6.07, 6.45) is 0. The van der Waals surface area contributed by atoms with E-state index >= 15 is 0 Å². The van der Waals surface area contributed by atoms with Gasteiger partial charge in [0.25, 0.3) is 0 Å². The van der Waals surface area contributed by atoms with Gasteiger partial charge in [0, 0.05) is 0 Å². The van der Waals surface area contributed by atoms with Gasteiger partial charge in [-0.15, -0.1) is 0 Å². The van der Waals surface area contributed by atoms with Crippen molar-refractivity contribution < 1.29 is 0 Å². The Kier molecular flexibility index (Phi) is 4.69. The maximum Gasteiger partial charge on any atom is 0.0719 e. The lowest BCUT2D eigenvalue weighted by molar-refractivity contribution is 0.770. The number of hydrogen-bond acceptors (Lipinski definition) is 0. The Balaban J connectivity index is 1.70. The third-order valence-electron chi connectivity index (χ3n) is 7.88. The summed E-state index contributed by atoms with van der Waals surface area (Å²) in [5, 5.41) is 2.58. The van der Waals surface area contributed by atoms with E-state index in [0.29, 0.717) is 0 Å². The topological polar surface area (TPSA) is 0 Å². The van der Waals surface area contributed by atoms with E-state index in [1.165, 1.54) is 60.8 Å². The van der Waals surface area contributed by atoms with Crippen LogP contribution >= 0.6 is 0 Å². The predicted molar refractivity (Wildman–Crippen MR) is 151 cm³/mol. The van der Waals surface area contributed by atoms with E-state index < -0.39 is 5.41 Å². The fraction of sp³-hybridized carbons (Fsp3) is 0.0556. The van der Waals surface area contributed by atoms with E-state index in [1.807, 2.05) is 0 Å². The van der Waals surface area contributed by atoms with Crippen LogP contribution in [0.3, 0.4) is 0 Å². The summed E-state index contributed by atoms with van der Waals surface area (Å²) in [4.78, 5) is 0. The van der Waals surface area contributed by atoms with Crippen molar-refractivity contribution >= 4 is 10.8 Å². The van der Waals surface area contributed by atoms with Crippen LogP contribution in [0, 0.1) is 6.92 Å². The molecule has 6 aromatic rings. The number of rotatable bonds is 3. The van der Waals surface area contributed by atoms with Crippen molar-refractivity contribution in [3.8, 4) is 22.3 Å². The number of aryl methyl sites for hydroxylation is 1. The molecule has 0 saturated carbocycles. The van der Waals surface area contributed by atoms with Crippen LogP contribution in [0.2, 0.25) is 0 Å². The first kappa shape index (κ1) is 20.9. The molecule has 0 heteroatoms. The van der Waals surface area contributed by atoms with Crippen LogP contribution in [-0.4, -0.2) is 0 Å². The van der Waals surface area contributed by atoms with Crippen LogP contribution < -0.4 is 0 Å². The number of benzene rings is 6. The summed E-state index contributed by atoms with van der Waals surface area (Å²) in [5.41, 5.74) is 11.5. The molecule has 0 nitrogen and oxygen atoms in total. The van der Waals surface area contributed by atoms with Gasteiger partial charge in [0.05, 0.1) is 5.41 Å². The van der Waals surface area contributed by atoms with Crippen LogP contribution in [-0.2, 0) is 5.41 Å². The molecular weight excluding hydrogens is 432 g/mol. The van der Waals surface area contributed by atoms with E-state index in [4.69, 9.17) is 0 Å². The van der Waals surface area contributed by atoms with Crippen LogP contribution in [0.15, 0.2) is 140 Å². The molecule has 0 radical (unpaired) electrons. The minimum atomic E-state index is -0.408. The van der Waals surface area contributed by atoms with Gasteiger partial charge in [0.1, 0.15) is 0 Å². The molecule has 7 rings (SSSR count). The summed E-state index contributed by atoms with van der Waals surface area (Å²) < 4.78 is 0. The third kappa shape index (κ3) is 2.82. The standard InChI is InChI=1S/C36H26/c1-25-23-24-26-13-8-9-18-29(26)34(25)32-21-12-20-31-30-19-10-11-22-33(30)36(35(31)32,27-14-4-2-5-15-27)28-16-6-3-7-17-28/h2-24H,1H3. The first-order chi connectivity index (χ1) is 17.8. The van der Waals surface area contributed by atoms with Crippen molar-refractivity contribution in [2.24, 2.45) is 0 Å². The molecule has 6 aromatic carbocycles. The largest absolute Gasteiger partial charge is 0.0719 e. The van der Waals surface area contributed by atoms with Crippen molar-refractivity contribution in [3.63, 3.8) is 0 Å². The molecule has 1 aliphatic rings. The monoisotopic (exact) mass is 458 g/mol. The molecule has 0 aromatic heterocycles. The molecule has 36 heavy (non-hydrogen) atoms. The molecular formula is C36H26. The lowest BCUT2D eigenvalue weighted by atomic mass is 9.66. The summed E-state index contributed by atoms with van der Waals surface area (Å²) in [6.45, 7) is 2.25. The minimum Gasteiger partial charge on any atom is -0.0622 e. The van der Waals surface area contributed by atoms with Crippen molar-refractivity contribution in [1.82, 2.24) is 0 Å². The van der Waals surface area contributed by atoms with Crippen molar-refractivity contribution in [2.75, 3.05) is 0 Å². The van der Waals surface area contributed by atoms with Gasteiger partial charge in [0.2, 0.25) is 0 Å². The van der Waals surface area contributed by atoms with Crippen molar-refractivity contribution in [2.45, 2.75) is 12.3 Å². The highest BCUT2D eigenvalue weighted by molar-refractivity contribution is 6.02. The van der Waals surface area contributed by atoms with Gasteiger partial charge in [-0.25, -0.2) is 0 Å². The smallest absolute Gasteiger partial charge is 0.0622 e. The Morgan fingerprint density at radius 3 is 1.78 bits per heavy atom. The third-order valence-corrected chi connectivity index (χ3v) is 7.88. The second-order valence-corrected chi connectivity index (χ2v) is 9.73. The highest BCUT2D eigenvalue weighted by Gasteiger charge is 2.47. The van der Waals surface area contributed by atoms with Gasteiger partial charge in [0.15, 0.2) is 0 Å². The fourth-order valence-corrected chi connectivity index (χ4v) is 6.45. The highest BCUT2D eigenvalue weighted by Crippen LogP contribution is 2.59. The Labute approximate surface area is 212 Å². The van der Waals surface area contributed by atoms with Gasteiger partial charge in [-0.2, -0.15) is 0 Å². The van der Waals surface area contributed by atoms with Gasteiger partial charge >= 0.3 is 0 Å². The minimum absolute atomic E-state index is 0.408. The lowest BCUT2D eigenvalue weighted by Crippen LogP contribution is -2.29. The molecule has 0 amide bonds. The molecule has 0 aliphatic heterocycles. The van der Waals surface area contributed by atoms with Crippen LogP contribution in [0.1, 0.15) is 27.8 Å². The second-order valence-electron chi connectivity index (χ2n) is 9.73. The normalized spacial score (nSPS) is 13.4. The summed E-state index contributed by atoms with van der Waals surface area (Å²) in [5.74, 6) is 0. The zero-order valence-electron chi connectivity index (χ0n) is 20.3. The lowest BCUT2D eigenvalue weighted by Gasteiger charge is -2.35. The first-order valence-electron chi connectivity index (χ1n) is 12.6. The maximum absolute atomic E-state index is 2.33. The molecule has 170 valence electrons. The van der Waals surface area contributed by atoms with Crippen molar-refractivity contribution in [3.05, 3.63) is 167 Å². The molecule has 0 heterocycles. The first-order valence-corrected chi connectivity index (χ1v) is 12.6. The summed E-state index contributed by atoms with van der Waals surface area (Å²) >= 11 is 0. The molecule has 0 spiro atoms. The average molecular weight is 459 g/mol. The van der Waals surface area contributed by atoms with Crippen LogP contribution in [0.25, 0.3) is 33.0 Å². The Morgan fingerprint density at radius 1 is 0.444 bits per heavy atom. The van der Waals surface area contributed by atoms with Gasteiger partial charge in [-0.1, -0.05) is 140 Å². The Hall–Kier alpha value is -4.42. The van der Waals surface area contributed by atoms with Crippen LogP contribution in [0.5, 0.6) is 0 Å². The van der Waals surface area contributed by atoms with Gasteiger partial charge in [-0.05, 0) is 67.8 Å². The predicted octanol–water partition coefficient (Wildman–Crippen LogP) is 9.18. The second kappa shape index (κ2) is 8.07. The Bertz CT molecular complexity index is 1690.